The van der Waals surface area contributed by atoms with E-state index in [1.807, 2.05) is 13.8 Å². The van der Waals surface area contributed by atoms with Gasteiger partial charge in [0.15, 0.2) is 0 Å². The zero-order chi connectivity index (χ0) is 24.9. The fourth-order valence-electron chi connectivity index (χ4n) is 3.76. The molecule has 34 heavy (non-hydrogen) atoms. The molecule has 0 atom stereocenters. The van der Waals surface area contributed by atoms with E-state index in [1.165, 1.54) is 16.4 Å². The van der Waals surface area contributed by atoms with Gasteiger partial charge in [-0.15, -0.1) is 0 Å². The van der Waals surface area contributed by atoms with Gasteiger partial charge in [0.05, 0.1) is 28.5 Å². The third-order valence-electron chi connectivity index (χ3n) is 5.70. The molecule has 4 N–H and O–H groups in total. The maximum atomic E-state index is 13.2. The predicted octanol–water partition coefficient (Wildman–Crippen LogP) is 1.66. The molecule has 3 rings (SSSR count). The van der Waals surface area contributed by atoms with Crippen LogP contribution in [0.15, 0.2) is 27.9 Å². The highest BCUT2D eigenvalue weighted by molar-refractivity contribution is 7.89. The Hall–Kier alpha value is -2.60. The molecule has 0 spiro atoms. The van der Waals surface area contributed by atoms with Crippen LogP contribution in [-0.4, -0.2) is 72.4 Å². The van der Waals surface area contributed by atoms with Gasteiger partial charge in [-0.25, -0.2) is 13.4 Å². The van der Waals surface area contributed by atoms with E-state index >= 15 is 0 Å². The van der Waals surface area contributed by atoms with Crippen LogP contribution in [0.2, 0.25) is 0 Å². The third-order valence-corrected chi connectivity index (χ3v) is 7.52. The summed E-state index contributed by atoms with van der Waals surface area (Å²) in [4.78, 5) is 19.9. The smallest absolute Gasteiger partial charge is 0.254 e. The zero-order valence-electron chi connectivity index (χ0n) is 19.8. The Bertz CT molecular complexity index is 1190. The monoisotopic (exact) mass is 491 g/mol. The van der Waals surface area contributed by atoms with Crippen molar-refractivity contribution in [3.05, 3.63) is 39.8 Å². The number of nitrogens with one attached hydrogen (secondary N) is 3. The summed E-state index contributed by atoms with van der Waals surface area (Å²) < 4.78 is 33.5. The second-order valence-electron chi connectivity index (χ2n) is 8.26. The summed E-state index contributed by atoms with van der Waals surface area (Å²) in [6.07, 6.45) is 1.84. The van der Waals surface area contributed by atoms with Gasteiger partial charge >= 0.3 is 0 Å². The average molecular weight is 492 g/mol. The fraction of sp³-hybridized carbons (Fsp3) is 0.522. The molecule has 0 saturated carbocycles. The van der Waals surface area contributed by atoms with E-state index in [9.17, 15) is 13.2 Å². The minimum Gasteiger partial charge on any atom is -0.493 e. The van der Waals surface area contributed by atoms with Crippen LogP contribution in [0.25, 0.3) is 11.4 Å². The normalized spacial score (nSPS) is 14.7. The molecule has 1 saturated heterocycles. The Morgan fingerprint density at radius 2 is 2.09 bits per heavy atom. The van der Waals surface area contributed by atoms with Crippen LogP contribution in [0.5, 0.6) is 5.75 Å². The number of H-pyrrole nitrogens is 1. The lowest BCUT2D eigenvalue weighted by molar-refractivity contribution is 0.218. The first-order valence-corrected chi connectivity index (χ1v) is 13.0. The molecule has 11 heteroatoms. The summed E-state index contributed by atoms with van der Waals surface area (Å²) in [7, 11) is -3.75. The van der Waals surface area contributed by atoms with E-state index in [4.69, 9.17) is 15.3 Å². The molecule has 0 aliphatic carbocycles. The molecule has 10 nitrogen and oxygen atoms in total. The lowest BCUT2D eigenvalue weighted by Crippen LogP contribution is -2.59. The van der Waals surface area contributed by atoms with E-state index < -0.39 is 10.0 Å². The third kappa shape index (κ3) is 5.54. The second kappa shape index (κ2) is 11.2. The van der Waals surface area contributed by atoms with Crippen LogP contribution in [-0.2, 0) is 10.0 Å². The van der Waals surface area contributed by atoms with Crippen LogP contribution in [0.1, 0.15) is 44.4 Å². The zero-order valence-corrected chi connectivity index (χ0v) is 20.7. The lowest BCUT2D eigenvalue weighted by atomic mass is 10.1. The number of hydrogen-bond acceptors (Lipinski definition) is 8. The first-order chi connectivity index (χ1) is 16.2. The van der Waals surface area contributed by atoms with Crippen molar-refractivity contribution in [2.45, 2.75) is 51.0 Å². The molecule has 1 fully saturated rings. The number of benzene rings is 1. The fourth-order valence-corrected chi connectivity index (χ4v) is 5.31. The molecule has 1 aromatic heterocycles. The van der Waals surface area contributed by atoms with Gasteiger partial charge in [0.1, 0.15) is 11.6 Å². The van der Waals surface area contributed by atoms with Crippen LogP contribution >= 0.6 is 0 Å². The quantitative estimate of drug-likeness (QED) is 0.261. The van der Waals surface area contributed by atoms with Crippen molar-refractivity contribution in [2.75, 3.05) is 32.8 Å². The minimum absolute atomic E-state index is 0.0470. The van der Waals surface area contributed by atoms with Crippen molar-refractivity contribution in [1.82, 2.24) is 19.6 Å². The van der Waals surface area contributed by atoms with Gasteiger partial charge in [0, 0.05) is 31.3 Å². The van der Waals surface area contributed by atoms with Gasteiger partial charge in [-0.3, -0.25) is 4.79 Å². The topological polar surface area (TPSA) is 148 Å². The van der Waals surface area contributed by atoms with E-state index in [0.717, 1.165) is 6.42 Å². The van der Waals surface area contributed by atoms with Gasteiger partial charge in [0.2, 0.25) is 10.0 Å². The number of hydrogen-bond donors (Lipinski definition) is 4. The average Bonchev–Trinajstić information content (AvgIpc) is 2.77. The summed E-state index contributed by atoms with van der Waals surface area (Å²) in [6, 6.07) is 4.57. The number of aromatic amines is 1. The number of nitrogens with zero attached hydrogens (tertiary/aromatic N) is 2. The minimum atomic E-state index is -3.75. The summed E-state index contributed by atoms with van der Waals surface area (Å²) in [5.41, 5.74) is 0.884. The first-order valence-electron chi connectivity index (χ1n) is 11.5. The highest BCUT2D eigenvalue weighted by Gasteiger charge is 2.36. The van der Waals surface area contributed by atoms with Crippen molar-refractivity contribution in [3.63, 3.8) is 0 Å². The summed E-state index contributed by atoms with van der Waals surface area (Å²) in [6.45, 7) is 7.13. The summed E-state index contributed by atoms with van der Waals surface area (Å²) in [5.74, 6) is 0.563. The molecular formula is C23H33N5O5S. The van der Waals surface area contributed by atoms with E-state index in [0.29, 0.717) is 61.7 Å². The first kappa shape index (κ1) is 26.0. The van der Waals surface area contributed by atoms with Crippen molar-refractivity contribution in [3.8, 4) is 17.1 Å². The molecule has 186 valence electrons. The Balaban J connectivity index is 1.97. The van der Waals surface area contributed by atoms with Crippen molar-refractivity contribution in [1.29, 1.82) is 5.41 Å². The molecule has 0 unspecified atom stereocenters. The largest absolute Gasteiger partial charge is 0.493 e. The molecule has 2 heterocycles. The van der Waals surface area contributed by atoms with Crippen LogP contribution < -0.4 is 15.6 Å². The number of sulfonamides is 1. The Morgan fingerprint density at radius 1 is 1.35 bits per heavy atom. The van der Waals surface area contributed by atoms with Crippen molar-refractivity contribution >= 4 is 15.7 Å². The van der Waals surface area contributed by atoms with Gasteiger partial charge in [0.25, 0.3) is 5.56 Å². The van der Waals surface area contributed by atoms with Gasteiger partial charge in [-0.1, -0.05) is 13.3 Å². The number of ether oxygens (including phenoxy) is 1. The maximum absolute atomic E-state index is 13.2. The SMILES string of the molecule is CCCC(=N)c1nc(-c2cc(S(=O)(=O)N3CC(NCCCO)C3)ccc2OCC)[nH]c(=O)c1C. The number of aliphatic hydroxyl groups excluding tert-OH is 1. The molecular weight excluding hydrogens is 458 g/mol. The molecule has 1 aliphatic heterocycles. The van der Waals surface area contributed by atoms with Gasteiger partial charge in [-0.05, 0) is 51.4 Å². The van der Waals surface area contributed by atoms with Crippen LogP contribution in [0, 0.1) is 12.3 Å². The molecule has 0 amide bonds. The number of aliphatic hydroxyl groups is 1. The van der Waals surface area contributed by atoms with E-state index in [-0.39, 0.29) is 34.6 Å². The molecule has 0 radical (unpaired) electrons. The summed E-state index contributed by atoms with van der Waals surface area (Å²) >= 11 is 0. The second-order valence-corrected chi connectivity index (χ2v) is 10.2. The maximum Gasteiger partial charge on any atom is 0.254 e. The highest BCUT2D eigenvalue weighted by Crippen LogP contribution is 2.32. The Morgan fingerprint density at radius 3 is 2.74 bits per heavy atom. The van der Waals surface area contributed by atoms with Crippen LogP contribution in [0.3, 0.4) is 0 Å². The Labute approximate surface area is 199 Å². The Kier molecular flexibility index (Phi) is 8.58. The van der Waals surface area contributed by atoms with Crippen molar-refractivity contribution < 1.29 is 18.3 Å². The number of aromatic nitrogens is 2. The van der Waals surface area contributed by atoms with Gasteiger partial charge < -0.3 is 25.6 Å². The molecule has 0 bridgehead atoms. The van der Waals surface area contributed by atoms with E-state index in [2.05, 4.69) is 15.3 Å². The predicted molar refractivity (Wildman–Crippen MR) is 130 cm³/mol. The lowest BCUT2D eigenvalue weighted by Gasteiger charge is -2.38. The van der Waals surface area contributed by atoms with Crippen molar-refractivity contribution in [2.24, 2.45) is 0 Å². The van der Waals surface area contributed by atoms with Crippen LogP contribution in [0.4, 0.5) is 0 Å². The molecule has 2 aromatic rings. The van der Waals surface area contributed by atoms with Gasteiger partial charge in [-0.2, -0.15) is 4.31 Å². The number of rotatable bonds is 12. The molecule has 1 aromatic carbocycles. The highest BCUT2D eigenvalue weighted by atomic mass is 32.2. The summed E-state index contributed by atoms with van der Waals surface area (Å²) in [5, 5.41) is 20.4. The standard InChI is InChI=1S/C23H33N5O5S/c1-4-7-19(24)21-15(3)23(30)27-22(26-21)18-12-17(8-9-20(18)33-5-2)34(31,32)28-13-16(14-28)25-10-6-11-29/h8-9,12,16,24-25,29H,4-7,10-11,13-14H2,1-3H3,(H,26,27,30). The van der Waals surface area contributed by atoms with E-state index in [1.54, 1.807) is 13.0 Å². The molecule has 1 aliphatic rings.